The first kappa shape index (κ1) is 15.1. The van der Waals surface area contributed by atoms with E-state index in [-0.39, 0.29) is 0 Å². The summed E-state index contributed by atoms with van der Waals surface area (Å²) in [6, 6.07) is 5.43. The second-order valence-electron chi connectivity index (χ2n) is 3.67. The van der Waals surface area contributed by atoms with Gasteiger partial charge in [0, 0.05) is 17.0 Å². The third-order valence-corrected chi connectivity index (χ3v) is 3.88. The van der Waals surface area contributed by atoms with Gasteiger partial charge in [-0.05, 0) is 27.7 Å². The quantitative estimate of drug-likeness (QED) is 0.561. The predicted octanol–water partition coefficient (Wildman–Crippen LogP) is 2.29. The van der Waals surface area contributed by atoms with Crippen LogP contribution in [0, 0.1) is 0 Å². The van der Waals surface area contributed by atoms with Gasteiger partial charge in [-0.25, -0.2) is 9.97 Å². The van der Waals surface area contributed by atoms with E-state index >= 15 is 0 Å². The summed E-state index contributed by atoms with van der Waals surface area (Å²) >= 11 is 8.80. The SMILES string of the molecule is Clc1cc(-c2ccsc2)ncn1.OB(O)c1ccsc1. The van der Waals surface area contributed by atoms with Gasteiger partial charge in [-0.15, -0.1) is 0 Å². The fourth-order valence-corrected chi connectivity index (χ4v) is 2.79. The number of halogens is 1. The molecule has 3 rings (SSSR count). The van der Waals surface area contributed by atoms with Gasteiger partial charge in [-0.3, -0.25) is 0 Å². The second-order valence-corrected chi connectivity index (χ2v) is 5.62. The van der Waals surface area contributed by atoms with Crippen LogP contribution >= 0.6 is 34.3 Å². The Morgan fingerprint density at radius 2 is 1.80 bits per heavy atom. The fraction of sp³-hybridized carbons (Fsp3) is 0. The third kappa shape index (κ3) is 4.40. The van der Waals surface area contributed by atoms with Crippen LogP contribution in [0.15, 0.2) is 46.0 Å². The Morgan fingerprint density at radius 1 is 1.05 bits per heavy atom. The average molecular weight is 325 g/mol. The molecule has 8 heteroatoms. The van der Waals surface area contributed by atoms with Gasteiger partial charge < -0.3 is 10.0 Å². The summed E-state index contributed by atoms with van der Waals surface area (Å²) in [5.41, 5.74) is 2.52. The first-order chi connectivity index (χ1) is 9.66. The highest BCUT2D eigenvalue weighted by Crippen LogP contribution is 2.20. The Bertz CT molecular complexity index is 633. The number of nitrogens with zero attached hydrogens (tertiary/aromatic N) is 2. The van der Waals surface area contributed by atoms with Crippen LogP contribution in [0.1, 0.15) is 0 Å². The Labute approximate surface area is 129 Å². The molecule has 0 aliphatic heterocycles. The molecule has 0 amide bonds. The van der Waals surface area contributed by atoms with Crippen molar-refractivity contribution in [1.29, 1.82) is 0 Å². The topological polar surface area (TPSA) is 66.2 Å². The maximum atomic E-state index is 8.47. The molecule has 20 heavy (non-hydrogen) atoms. The average Bonchev–Trinajstić information content (AvgIpc) is 3.13. The number of thiophene rings is 2. The number of rotatable bonds is 2. The van der Waals surface area contributed by atoms with E-state index in [2.05, 4.69) is 9.97 Å². The van der Waals surface area contributed by atoms with E-state index < -0.39 is 7.12 Å². The van der Waals surface area contributed by atoms with Gasteiger partial charge in [0.15, 0.2) is 0 Å². The number of aromatic nitrogens is 2. The van der Waals surface area contributed by atoms with E-state index in [4.69, 9.17) is 21.6 Å². The van der Waals surface area contributed by atoms with Crippen LogP contribution in [-0.4, -0.2) is 27.1 Å². The lowest BCUT2D eigenvalue weighted by Crippen LogP contribution is -2.27. The highest BCUT2D eigenvalue weighted by molar-refractivity contribution is 7.09. The first-order valence-electron chi connectivity index (χ1n) is 5.55. The van der Waals surface area contributed by atoms with Gasteiger partial charge in [0.25, 0.3) is 0 Å². The molecule has 0 radical (unpaired) electrons. The lowest BCUT2D eigenvalue weighted by atomic mass is 9.83. The van der Waals surface area contributed by atoms with Crippen molar-refractivity contribution in [3.63, 3.8) is 0 Å². The monoisotopic (exact) mass is 324 g/mol. The van der Waals surface area contributed by atoms with Crippen LogP contribution in [0.3, 0.4) is 0 Å². The Balaban J connectivity index is 0.000000160. The van der Waals surface area contributed by atoms with Crippen LogP contribution in [-0.2, 0) is 0 Å². The molecular formula is C12H10BClN2O2S2. The zero-order valence-corrected chi connectivity index (χ0v) is 12.6. The molecular weight excluding hydrogens is 315 g/mol. The molecule has 0 unspecified atom stereocenters. The fourth-order valence-electron chi connectivity index (χ4n) is 1.32. The Morgan fingerprint density at radius 3 is 2.30 bits per heavy atom. The van der Waals surface area contributed by atoms with Gasteiger partial charge in [0.1, 0.15) is 11.5 Å². The minimum Gasteiger partial charge on any atom is -0.423 e. The van der Waals surface area contributed by atoms with Crippen LogP contribution in [0.5, 0.6) is 0 Å². The highest BCUT2D eigenvalue weighted by Gasteiger charge is 2.08. The standard InChI is InChI=1S/C8H5ClN2S.C4H5BO2S/c9-8-3-7(10-5-11-8)6-1-2-12-4-6;6-5(7)4-1-2-8-3-4/h1-5H;1-3,6-7H. The smallest absolute Gasteiger partial charge is 0.423 e. The molecule has 0 atom stereocenters. The largest absolute Gasteiger partial charge is 0.489 e. The normalized spacial score (nSPS) is 9.75. The van der Waals surface area contributed by atoms with Crippen molar-refractivity contribution in [1.82, 2.24) is 9.97 Å². The van der Waals surface area contributed by atoms with Crippen LogP contribution in [0.25, 0.3) is 11.3 Å². The van der Waals surface area contributed by atoms with E-state index in [1.54, 1.807) is 34.2 Å². The van der Waals surface area contributed by atoms with Gasteiger partial charge in [0.2, 0.25) is 0 Å². The molecule has 0 bridgehead atoms. The molecule has 2 N–H and O–H groups in total. The van der Waals surface area contributed by atoms with E-state index in [1.165, 1.54) is 17.7 Å². The van der Waals surface area contributed by atoms with E-state index in [1.807, 2.05) is 16.8 Å². The second kappa shape index (κ2) is 7.51. The van der Waals surface area contributed by atoms with E-state index in [0.717, 1.165) is 11.3 Å². The summed E-state index contributed by atoms with van der Waals surface area (Å²) in [4.78, 5) is 7.90. The summed E-state index contributed by atoms with van der Waals surface area (Å²) in [6.45, 7) is 0. The van der Waals surface area contributed by atoms with Crippen molar-refractivity contribution in [2.75, 3.05) is 0 Å². The van der Waals surface area contributed by atoms with Crippen molar-refractivity contribution in [3.8, 4) is 11.3 Å². The minimum absolute atomic E-state index is 0.478. The number of hydrogen-bond acceptors (Lipinski definition) is 6. The maximum absolute atomic E-state index is 8.47. The zero-order valence-electron chi connectivity index (χ0n) is 10.2. The van der Waals surface area contributed by atoms with Crippen molar-refractivity contribution in [2.45, 2.75) is 0 Å². The van der Waals surface area contributed by atoms with Gasteiger partial charge >= 0.3 is 7.12 Å². The van der Waals surface area contributed by atoms with Crippen molar-refractivity contribution in [2.24, 2.45) is 0 Å². The molecule has 3 heterocycles. The molecule has 0 saturated carbocycles. The summed E-state index contributed by atoms with van der Waals surface area (Å²) in [5.74, 6) is 0. The van der Waals surface area contributed by atoms with E-state index in [9.17, 15) is 0 Å². The molecule has 0 aliphatic rings. The molecule has 3 aromatic rings. The molecule has 0 saturated heterocycles. The molecule has 3 aromatic heterocycles. The third-order valence-electron chi connectivity index (χ3n) is 2.29. The molecule has 0 aromatic carbocycles. The lowest BCUT2D eigenvalue weighted by molar-refractivity contribution is 0.426. The van der Waals surface area contributed by atoms with Crippen LogP contribution < -0.4 is 5.46 Å². The lowest BCUT2D eigenvalue weighted by Gasteiger charge is -1.94. The summed E-state index contributed by atoms with van der Waals surface area (Å²) in [5, 5.41) is 25.0. The van der Waals surface area contributed by atoms with Crippen molar-refractivity contribution >= 4 is 46.9 Å². The van der Waals surface area contributed by atoms with Crippen LogP contribution in [0.2, 0.25) is 5.15 Å². The highest BCUT2D eigenvalue weighted by atomic mass is 35.5. The molecule has 0 fully saturated rings. The molecule has 4 nitrogen and oxygen atoms in total. The Kier molecular flexibility index (Phi) is 5.69. The van der Waals surface area contributed by atoms with Gasteiger partial charge in [0.05, 0.1) is 5.69 Å². The van der Waals surface area contributed by atoms with Crippen LogP contribution in [0.4, 0.5) is 0 Å². The molecule has 0 aliphatic carbocycles. The zero-order chi connectivity index (χ0) is 14.4. The Hall–Kier alpha value is -1.25. The number of hydrogen-bond donors (Lipinski definition) is 2. The summed E-state index contributed by atoms with van der Waals surface area (Å²) < 4.78 is 0. The minimum atomic E-state index is -1.30. The van der Waals surface area contributed by atoms with Gasteiger partial charge in [-0.1, -0.05) is 17.7 Å². The van der Waals surface area contributed by atoms with Crippen molar-refractivity contribution < 1.29 is 10.0 Å². The first-order valence-corrected chi connectivity index (χ1v) is 7.81. The summed E-state index contributed by atoms with van der Waals surface area (Å²) in [7, 11) is -1.30. The van der Waals surface area contributed by atoms with E-state index in [0.29, 0.717) is 10.6 Å². The molecule has 0 spiro atoms. The van der Waals surface area contributed by atoms with Crippen molar-refractivity contribution in [3.05, 3.63) is 51.2 Å². The predicted molar refractivity (Wildman–Crippen MR) is 84.5 cm³/mol. The molecule has 102 valence electrons. The maximum Gasteiger partial charge on any atom is 0.489 e. The van der Waals surface area contributed by atoms with Gasteiger partial charge in [-0.2, -0.15) is 22.7 Å². The summed E-state index contributed by atoms with van der Waals surface area (Å²) in [6.07, 6.45) is 1.47.